The number of carbonyl (C=O) groups excluding carboxylic acids is 1. The van der Waals surface area contributed by atoms with Crippen LogP contribution in [0.5, 0.6) is 5.75 Å². The summed E-state index contributed by atoms with van der Waals surface area (Å²) in [5.41, 5.74) is 0.648. The molecule has 1 atom stereocenters. The number of carbonyl (C=O) groups is 2. The van der Waals surface area contributed by atoms with Crippen molar-refractivity contribution in [2.24, 2.45) is 0 Å². The van der Waals surface area contributed by atoms with Crippen molar-refractivity contribution in [1.29, 1.82) is 0 Å². The van der Waals surface area contributed by atoms with Gasteiger partial charge in [-0.15, -0.1) is 0 Å². The zero-order chi connectivity index (χ0) is 20.1. The third kappa shape index (κ3) is 4.56. The van der Waals surface area contributed by atoms with E-state index in [4.69, 9.17) is 21.1 Å². The van der Waals surface area contributed by atoms with Crippen LogP contribution in [0.4, 0.5) is 0 Å². The predicted octanol–water partition coefficient (Wildman–Crippen LogP) is 3.04. The zero-order valence-electron chi connectivity index (χ0n) is 15.2. The number of Topliss-reactive ketones (excluding diaryl/α,β-unsaturated/α-hetero) is 1. The number of ketones is 1. The Morgan fingerprint density at radius 3 is 2.48 bits per heavy atom. The molecule has 0 aliphatic rings. The summed E-state index contributed by atoms with van der Waals surface area (Å²) in [7, 11) is 2.85. The number of aromatic nitrogens is 1. The molecule has 0 bridgehead atoms. The fraction of sp³-hybridized carbons (Fsp3) is 0.316. The van der Waals surface area contributed by atoms with E-state index in [9.17, 15) is 19.5 Å². The van der Waals surface area contributed by atoms with Crippen molar-refractivity contribution in [2.45, 2.75) is 19.4 Å². The van der Waals surface area contributed by atoms with Crippen LogP contribution in [0.15, 0.2) is 35.3 Å². The lowest BCUT2D eigenvalue weighted by Crippen LogP contribution is -2.30. The topological polar surface area (TPSA) is 94.8 Å². The van der Waals surface area contributed by atoms with Gasteiger partial charge < -0.3 is 14.6 Å². The number of nitrogens with zero attached hydrogens (tertiary/aromatic N) is 1. The Kier molecular flexibility index (Phi) is 6.76. The molecule has 0 fully saturated rings. The van der Waals surface area contributed by atoms with E-state index < -0.39 is 17.6 Å². The largest absolute Gasteiger partial charge is 0.495 e. The Morgan fingerprint density at radius 2 is 1.93 bits per heavy atom. The van der Waals surface area contributed by atoms with E-state index in [1.54, 1.807) is 18.2 Å². The van der Waals surface area contributed by atoms with Crippen LogP contribution in [0.1, 0.15) is 29.7 Å². The van der Waals surface area contributed by atoms with E-state index in [-0.39, 0.29) is 24.6 Å². The smallest absolute Gasteiger partial charge is 0.326 e. The molecule has 1 aromatic carbocycles. The molecule has 1 aromatic heterocycles. The van der Waals surface area contributed by atoms with Gasteiger partial charge >= 0.3 is 5.97 Å². The van der Waals surface area contributed by atoms with Gasteiger partial charge in [0.05, 0.1) is 13.3 Å². The number of pyridine rings is 1. The number of carboxylic acid groups (broad SMARTS) is 1. The van der Waals surface area contributed by atoms with Gasteiger partial charge in [0.1, 0.15) is 11.8 Å². The molecule has 1 heterocycles. The molecule has 144 valence electrons. The lowest BCUT2D eigenvalue weighted by molar-refractivity contribution is -0.141. The van der Waals surface area contributed by atoms with E-state index in [1.165, 1.54) is 33.4 Å². The Hall–Kier alpha value is -2.64. The molecule has 1 unspecified atom stereocenters. The van der Waals surface area contributed by atoms with Gasteiger partial charge in [-0.3, -0.25) is 14.2 Å². The molecule has 0 aliphatic heterocycles. The number of aliphatic carboxylic acids is 1. The number of rotatable bonds is 8. The predicted molar refractivity (Wildman–Crippen MR) is 101 cm³/mol. The number of carboxylic acids is 1. The molecular formula is C19H20ClNO6. The van der Waals surface area contributed by atoms with E-state index >= 15 is 0 Å². The van der Waals surface area contributed by atoms with Crippen LogP contribution in [0.3, 0.4) is 0 Å². The quantitative estimate of drug-likeness (QED) is 0.692. The summed E-state index contributed by atoms with van der Waals surface area (Å²) in [4.78, 5) is 36.2. The fourth-order valence-electron chi connectivity index (χ4n) is 2.80. The monoisotopic (exact) mass is 393 g/mol. The second kappa shape index (κ2) is 8.83. The minimum absolute atomic E-state index is 0.115. The molecule has 2 aromatic rings. The average molecular weight is 394 g/mol. The van der Waals surface area contributed by atoms with Gasteiger partial charge in [-0.1, -0.05) is 11.6 Å². The number of hydrogen-bond donors (Lipinski definition) is 1. The molecule has 1 N–H and O–H groups in total. The normalized spacial score (nSPS) is 11.9. The van der Waals surface area contributed by atoms with Gasteiger partial charge in [0.15, 0.2) is 5.78 Å². The zero-order valence-corrected chi connectivity index (χ0v) is 15.9. The molecule has 0 spiro atoms. The standard InChI is InChI=1S/C19H20ClNO6/c1-11(22)13-5-4-12(20)8-14(13)15-9-18(23)21(10-17(15)27-3)16(19(24)25)6-7-26-2/h4-5,8-10,16H,6-7H2,1-3H3,(H,24,25). The Balaban J connectivity index is 2.67. The lowest BCUT2D eigenvalue weighted by atomic mass is 9.97. The minimum Gasteiger partial charge on any atom is -0.495 e. The highest BCUT2D eigenvalue weighted by molar-refractivity contribution is 6.31. The molecule has 27 heavy (non-hydrogen) atoms. The first-order valence-corrected chi connectivity index (χ1v) is 8.50. The summed E-state index contributed by atoms with van der Waals surface area (Å²) in [6.07, 6.45) is 1.45. The molecule has 0 amide bonds. The van der Waals surface area contributed by atoms with Gasteiger partial charge in [0.25, 0.3) is 5.56 Å². The average Bonchev–Trinajstić information content (AvgIpc) is 2.62. The van der Waals surface area contributed by atoms with Crippen molar-refractivity contribution in [3.05, 3.63) is 51.4 Å². The second-order valence-corrected chi connectivity index (χ2v) is 6.32. The van der Waals surface area contributed by atoms with Crippen LogP contribution in [-0.4, -0.2) is 42.3 Å². The van der Waals surface area contributed by atoms with E-state index in [0.29, 0.717) is 21.7 Å². The molecule has 0 saturated carbocycles. The molecular weight excluding hydrogens is 374 g/mol. The molecule has 7 nitrogen and oxygen atoms in total. The summed E-state index contributed by atoms with van der Waals surface area (Å²) in [6, 6.07) is 4.87. The first-order valence-electron chi connectivity index (χ1n) is 8.13. The molecule has 2 rings (SSSR count). The van der Waals surface area contributed by atoms with Crippen molar-refractivity contribution < 1.29 is 24.2 Å². The van der Waals surface area contributed by atoms with Crippen LogP contribution in [0, 0.1) is 0 Å². The maximum Gasteiger partial charge on any atom is 0.326 e. The van der Waals surface area contributed by atoms with E-state index in [1.807, 2.05) is 0 Å². The first-order chi connectivity index (χ1) is 12.8. The van der Waals surface area contributed by atoms with Gasteiger partial charge in [0.2, 0.25) is 0 Å². The van der Waals surface area contributed by atoms with Crippen molar-refractivity contribution in [1.82, 2.24) is 4.57 Å². The fourth-order valence-corrected chi connectivity index (χ4v) is 2.97. The highest BCUT2D eigenvalue weighted by Gasteiger charge is 2.23. The van der Waals surface area contributed by atoms with Crippen LogP contribution in [0.25, 0.3) is 11.1 Å². The summed E-state index contributed by atoms with van der Waals surface area (Å²) in [6.45, 7) is 1.59. The number of hydrogen-bond acceptors (Lipinski definition) is 5. The summed E-state index contributed by atoms with van der Waals surface area (Å²) >= 11 is 6.06. The Labute approximate surface area is 161 Å². The molecule has 0 saturated heterocycles. The van der Waals surface area contributed by atoms with Gasteiger partial charge in [-0.05, 0) is 30.7 Å². The van der Waals surface area contributed by atoms with Crippen molar-refractivity contribution in [3.63, 3.8) is 0 Å². The minimum atomic E-state index is -1.16. The Bertz CT molecular complexity index is 921. The Morgan fingerprint density at radius 1 is 1.22 bits per heavy atom. The van der Waals surface area contributed by atoms with E-state index in [2.05, 4.69) is 0 Å². The number of methoxy groups -OCH3 is 2. The van der Waals surface area contributed by atoms with Gasteiger partial charge in [0, 0.05) is 42.4 Å². The third-order valence-corrected chi connectivity index (χ3v) is 4.37. The van der Waals surface area contributed by atoms with Crippen LogP contribution in [0.2, 0.25) is 5.02 Å². The first kappa shape index (κ1) is 20.7. The van der Waals surface area contributed by atoms with Gasteiger partial charge in [-0.2, -0.15) is 0 Å². The SMILES string of the molecule is COCCC(C(=O)O)n1cc(OC)c(-c2cc(Cl)ccc2C(C)=O)cc1=O. The van der Waals surface area contributed by atoms with E-state index in [0.717, 1.165) is 4.57 Å². The number of ether oxygens (including phenoxy) is 2. The maximum absolute atomic E-state index is 12.6. The summed E-state index contributed by atoms with van der Waals surface area (Å²) in [5, 5.41) is 9.86. The number of halogens is 1. The molecule has 0 radical (unpaired) electrons. The molecule has 0 aliphatic carbocycles. The number of benzene rings is 1. The van der Waals surface area contributed by atoms with Crippen LogP contribution < -0.4 is 10.3 Å². The third-order valence-electron chi connectivity index (χ3n) is 4.13. The lowest BCUT2D eigenvalue weighted by Gasteiger charge is -2.19. The maximum atomic E-state index is 12.6. The van der Waals surface area contributed by atoms with Gasteiger partial charge in [-0.25, -0.2) is 4.79 Å². The van der Waals surface area contributed by atoms with Crippen molar-refractivity contribution in [3.8, 4) is 16.9 Å². The highest BCUT2D eigenvalue weighted by Crippen LogP contribution is 2.34. The van der Waals surface area contributed by atoms with Crippen molar-refractivity contribution in [2.75, 3.05) is 20.8 Å². The summed E-state index contributed by atoms with van der Waals surface area (Å²) in [5.74, 6) is -1.10. The summed E-state index contributed by atoms with van der Waals surface area (Å²) < 4.78 is 11.4. The van der Waals surface area contributed by atoms with Crippen LogP contribution in [-0.2, 0) is 9.53 Å². The van der Waals surface area contributed by atoms with Crippen LogP contribution >= 0.6 is 11.6 Å². The second-order valence-electron chi connectivity index (χ2n) is 5.88. The van der Waals surface area contributed by atoms with Crippen molar-refractivity contribution >= 4 is 23.4 Å². The molecule has 8 heteroatoms. The highest BCUT2D eigenvalue weighted by atomic mass is 35.5.